The van der Waals surface area contributed by atoms with Crippen LogP contribution in [0.25, 0.3) is 11.3 Å². The maximum absolute atomic E-state index is 11.0. The quantitative estimate of drug-likeness (QED) is 0.576. The van der Waals surface area contributed by atoms with Crippen molar-refractivity contribution in [1.82, 2.24) is 19.9 Å². The molecule has 0 amide bonds. The lowest BCUT2D eigenvalue weighted by molar-refractivity contribution is 0.218. The monoisotopic (exact) mass is 406 g/mol. The molecule has 3 aromatic rings. The van der Waals surface area contributed by atoms with Crippen LogP contribution in [0.4, 0.5) is 11.8 Å². The molecule has 0 aromatic carbocycles. The maximum Gasteiger partial charge on any atom is 0.227 e. The Morgan fingerprint density at radius 1 is 1.20 bits per heavy atom. The van der Waals surface area contributed by atoms with E-state index in [1.807, 2.05) is 45.3 Å². The molecule has 8 heteroatoms. The highest BCUT2D eigenvalue weighted by Crippen LogP contribution is 2.35. The van der Waals surface area contributed by atoms with Gasteiger partial charge in [-0.25, -0.2) is 9.98 Å². The lowest BCUT2D eigenvalue weighted by Crippen LogP contribution is -2.13. The molecule has 4 rings (SSSR count). The number of aromatic amines is 1. The fraction of sp³-hybridized carbons (Fsp3) is 0.364. The van der Waals surface area contributed by atoms with Gasteiger partial charge in [-0.15, -0.1) is 0 Å². The summed E-state index contributed by atoms with van der Waals surface area (Å²) in [6.45, 7) is 5.93. The van der Waals surface area contributed by atoms with E-state index in [0.29, 0.717) is 23.1 Å². The molecule has 1 unspecified atom stereocenters. The van der Waals surface area contributed by atoms with Crippen molar-refractivity contribution in [2.75, 3.05) is 12.4 Å². The smallest absolute Gasteiger partial charge is 0.227 e. The number of fused-ring (bicyclic) bond motifs is 1. The summed E-state index contributed by atoms with van der Waals surface area (Å²) in [5, 5.41) is 14.2. The van der Waals surface area contributed by atoms with Crippen molar-refractivity contribution in [2.24, 2.45) is 4.99 Å². The Kier molecular flexibility index (Phi) is 5.50. The summed E-state index contributed by atoms with van der Waals surface area (Å²) in [5.41, 5.74) is 4.80. The molecule has 3 N–H and O–H groups in total. The second kappa shape index (κ2) is 8.23. The van der Waals surface area contributed by atoms with Gasteiger partial charge in [-0.3, -0.25) is 4.98 Å². The average Bonchev–Trinajstić information content (AvgIpc) is 3.17. The molecule has 8 nitrogen and oxygen atoms in total. The largest absolute Gasteiger partial charge is 0.480 e. The van der Waals surface area contributed by atoms with Gasteiger partial charge in [0, 0.05) is 47.0 Å². The number of nitrogens with one attached hydrogen (secondary N) is 2. The molecule has 30 heavy (non-hydrogen) atoms. The number of ether oxygens (including phenoxy) is 1. The van der Waals surface area contributed by atoms with E-state index in [0.717, 1.165) is 41.0 Å². The number of aryl methyl sites for hydroxylation is 1. The van der Waals surface area contributed by atoms with Crippen LogP contribution < -0.4 is 10.1 Å². The number of aliphatic imine (C=N–C) groups is 1. The molecule has 3 aromatic heterocycles. The highest BCUT2D eigenvalue weighted by Gasteiger charge is 2.23. The molecule has 0 saturated heterocycles. The van der Waals surface area contributed by atoms with E-state index >= 15 is 0 Å². The van der Waals surface area contributed by atoms with Gasteiger partial charge >= 0.3 is 0 Å². The summed E-state index contributed by atoms with van der Waals surface area (Å²) in [6, 6.07) is 3.97. The molecule has 156 valence electrons. The predicted octanol–water partition coefficient (Wildman–Crippen LogP) is 3.73. The van der Waals surface area contributed by atoms with E-state index < -0.39 is 6.10 Å². The third-order valence-corrected chi connectivity index (χ3v) is 5.10. The number of aliphatic hydroxyl groups excluding tert-OH is 1. The van der Waals surface area contributed by atoms with Gasteiger partial charge in [0.2, 0.25) is 11.8 Å². The first-order chi connectivity index (χ1) is 14.5. The van der Waals surface area contributed by atoms with Gasteiger partial charge in [0.15, 0.2) is 0 Å². The Bertz CT molecular complexity index is 1090. The molecule has 0 aliphatic carbocycles. The van der Waals surface area contributed by atoms with Crippen LogP contribution in [0.15, 0.2) is 29.5 Å². The van der Waals surface area contributed by atoms with E-state index in [1.54, 1.807) is 13.3 Å². The molecule has 0 radical (unpaired) electrons. The maximum atomic E-state index is 11.0. The van der Waals surface area contributed by atoms with Gasteiger partial charge in [-0.1, -0.05) is 6.07 Å². The number of pyridine rings is 1. The molecular weight excluding hydrogens is 380 g/mol. The van der Waals surface area contributed by atoms with Crippen LogP contribution in [-0.2, 0) is 6.42 Å². The number of H-pyrrole nitrogens is 1. The third kappa shape index (κ3) is 3.78. The van der Waals surface area contributed by atoms with Crippen molar-refractivity contribution in [3.8, 4) is 17.1 Å². The van der Waals surface area contributed by atoms with Crippen molar-refractivity contribution in [3.63, 3.8) is 0 Å². The molecule has 1 aliphatic heterocycles. The van der Waals surface area contributed by atoms with Crippen LogP contribution in [0.2, 0.25) is 0 Å². The Balaban J connectivity index is 1.65. The Hall–Kier alpha value is -3.26. The molecule has 0 spiro atoms. The molecular formula is C22H26N6O2. The highest BCUT2D eigenvalue weighted by atomic mass is 16.5. The van der Waals surface area contributed by atoms with Crippen molar-refractivity contribution in [1.29, 1.82) is 0 Å². The number of hydrogen-bond donors (Lipinski definition) is 3. The zero-order chi connectivity index (χ0) is 21.3. The second-order valence-corrected chi connectivity index (χ2v) is 7.61. The molecule has 4 heterocycles. The van der Waals surface area contributed by atoms with E-state index in [1.165, 1.54) is 0 Å². The number of aromatic nitrogens is 4. The summed E-state index contributed by atoms with van der Waals surface area (Å²) in [4.78, 5) is 21.0. The highest BCUT2D eigenvalue weighted by molar-refractivity contribution is 5.69. The lowest BCUT2D eigenvalue weighted by Gasteiger charge is -2.17. The predicted molar refractivity (Wildman–Crippen MR) is 117 cm³/mol. The van der Waals surface area contributed by atoms with E-state index in [-0.39, 0.29) is 6.04 Å². The molecule has 0 bridgehead atoms. The summed E-state index contributed by atoms with van der Waals surface area (Å²) in [7, 11) is 1.58. The first-order valence-corrected chi connectivity index (χ1v) is 10.0. The summed E-state index contributed by atoms with van der Waals surface area (Å²) < 4.78 is 5.46. The van der Waals surface area contributed by atoms with Gasteiger partial charge in [0.05, 0.1) is 18.4 Å². The Labute approximate surface area is 175 Å². The SMILES string of the molecule is COc1nc(NC(C)C)ncc1-c1ccc(C(O)c2c[nH]c3c2CCC=N3)c(C)n1. The van der Waals surface area contributed by atoms with E-state index in [9.17, 15) is 5.11 Å². The summed E-state index contributed by atoms with van der Waals surface area (Å²) in [6.07, 6.45) is 6.41. The van der Waals surface area contributed by atoms with Crippen molar-refractivity contribution >= 4 is 18.0 Å². The second-order valence-electron chi connectivity index (χ2n) is 7.61. The minimum absolute atomic E-state index is 0.214. The minimum Gasteiger partial charge on any atom is -0.480 e. The fourth-order valence-electron chi connectivity index (χ4n) is 3.65. The van der Waals surface area contributed by atoms with Crippen molar-refractivity contribution in [3.05, 3.63) is 46.9 Å². The topological polar surface area (TPSA) is 108 Å². The molecule has 1 aliphatic rings. The molecule has 1 atom stereocenters. The number of hydrogen-bond acceptors (Lipinski definition) is 7. The zero-order valence-electron chi connectivity index (χ0n) is 17.6. The van der Waals surface area contributed by atoms with Gasteiger partial charge < -0.3 is 20.1 Å². The summed E-state index contributed by atoms with van der Waals surface area (Å²) >= 11 is 0. The lowest BCUT2D eigenvalue weighted by atomic mass is 9.96. The van der Waals surface area contributed by atoms with Crippen LogP contribution in [0.1, 0.15) is 48.8 Å². The van der Waals surface area contributed by atoms with Gasteiger partial charge in [-0.05, 0) is 39.7 Å². The number of rotatable bonds is 6. The van der Waals surface area contributed by atoms with Crippen molar-refractivity contribution in [2.45, 2.75) is 45.8 Å². The molecule has 0 saturated carbocycles. The van der Waals surface area contributed by atoms with Gasteiger partial charge in [-0.2, -0.15) is 4.98 Å². The van der Waals surface area contributed by atoms with Gasteiger partial charge in [0.25, 0.3) is 0 Å². The van der Waals surface area contributed by atoms with Gasteiger partial charge in [0.1, 0.15) is 11.9 Å². The Morgan fingerprint density at radius 2 is 2.03 bits per heavy atom. The standard InChI is InChI=1S/C22H26N6O2/c1-12(2)26-22-25-11-17(21(28-22)30-4)18-8-7-14(13(3)27-18)19(29)16-10-24-20-15(16)6-5-9-23-20/h7-12,19,24,29H,5-6H2,1-4H3,(H,25,26,28). The van der Waals surface area contributed by atoms with E-state index in [2.05, 4.69) is 25.3 Å². The van der Waals surface area contributed by atoms with Crippen LogP contribution in [0, 0.1) is 6.92 Å². The third-order valence-electron chi connectivity index (χ3n) is 5.10. The van der Waals surface area contributed by atoms with Crippen LogP contribution in [0.5, 0.6) is 5.88 Å². The van der Waals surface area contributed by atoms with Crippen molar-refractivity contribution < 1.29 is 9.84 Å². The Morgan fingerprint density at radius 3 is 2.77 bits per heavy atom. The number of nitrogens with zero attached hydrogens (tertiary/aromatic N) is 4. The van der Waals surface area contributed by atoms with Crippen LogP contribution in [0.3, 0.4) is 0 Å². The number of aliphatic hydroxyl groups is 1. The van der Waals surface area contributed by atoms with Crippen LogP contribution >= 0.6 is 0 Å². The number of methoxy groups -OCH3 is 1. The summed E-state index contributed by atoms with van der Waals surface area (Å²) in [5.74, 6) is 1.79. The zero-order valence-corrected chi connectivity index (χ0v) is 17.6. The van der Waals surface area contributed by atoms with Crippen LogP contribution in [-0.4, -0.2) is 44.4 Å². The molecule has 0 fully saturated rings. The fourth-order valence-corrected chi connectivity index (χ4v) is 3.65. The first-order valence-electron chi connectivity index (χ1n) is 10.0. The first kappa shape index (κ1) is 20.0. The minimum atomic E-state index is -0.768. The normalized spacial score (nSPS) is 13.9. The average molecular weight is 406 g/mol. The van der Waals surface area contributed by atoms with E-state index in [4.69, 9.17) is 9.72 Å². The number of anilines is 1.